The molecule has 6 nitrogen and oxygen atoms in total. The van der Waals surface area contributed by atoms with Crippen molar-refractivity contribution < 1.29 is 4.79 Å². The molecule has 1 aromatic heterocycles. The molecule has 1 amide bonds. The van der Waals surface area contributed by atoms with Gasteiger partial charge in [0, 0.05) is 5.56 Å². The Morgan fingerprint density at radius 3 is 2.85 bits per heavy atom. The number of nitrogens with zero attached hydrogens (tertiary/aromatic N) is 4. The highest BCUT2D eigenvalue weighted by Crippen LogP contribution is 2.24. The van der Waals surface area contributed by atoms with Crippen LogP contribution >= 0.6 is 0 Å². The third kappa shape index (κ3) is 2.38. The van der Waals surface area contributed by atoms with Crippen molar-refractivity contribution in [2.75, 3.05) is 0 Å². The van der Waals surface area contributed by atoms with E-state index in [1.165, 1.54) is 0 Å². The molecule has 0 saturated carbocycles. The summed E-state index contributed by atoms with van der Waals surface area (Å²) >= 11 is 0. The van der Waals surface area contributed by atoms with Crippen LogP contribution in [-0.4, -0.2) is 20.7 Å². The summed E-state index contributed by atoms with van der Waals surface area (Å²) in [7, 11) is 0. The van der Waals surface area contributed by atoms with E-state index >= 15 is 0 Å². The molecule has 6 heteroatoms. The summed E-state index contributed by atoms with van der Waals surface area (Å²) in [5.41, 5.74) is 6.71. The van der Waals surface area contributed by atoms with Gasteiger partial charge in [-0.1, -0.05) is 19.1 Å². The van der Waals surface area contributed by atoms with Crippen molar-refractivity contribution in [1.29, 1.82) is 5.26 Å². The Hall–Kier alpha value is -2.68. The molecule has 0 fully saturated rings. The van der Waals surface area contributed by atoms with Crippen molar-refractivity contribution in [3.8, 4) is 17.5 Å². The number of rotatable bonds is 4. The Morgan fingerprint density at radius 2 is 2.25 bits per heavy atom. The van der Waals surface area contributed by atoms with Gasteiger partial charge in [-0.05, 0) is 25.5 Å². The number of hydrogen-bond acceptors (Lipinski definition) is 4. The average molecular weight is 269 g/mol. The lowest BCUT2D eigenvalue weighted by Gasteiger charge is -2.16. The Kier molecular flexibility index (Phi) is 3.80. The molecular formula is C14H15N5O. The molecule has 0 radical (unpaired) electrons. The van der Waals surface area contributed by atoms with E-state index in [-0.39, 0.29) is 0 Å². The fourth-order valence-electron chi connectivity index (χ4n) is 2.18. The van der Waals surface area contributed by atoms with E-state index in [9.17, 15) is 4.79 Å². The first-order valence-corrected chi connectivity index (χ1v) is 6.29. The van der Waals surface area contributed by atoms with E-state index in [1.54, 1.807) is 29.7 Å². The third-order valence-electron chi connectivity index (χ3n) is 3.14. The van der Waals surface area contributed by atoms with Crippen molar-refractivity contribution in [3.63, 3.8) is 0 Å². The second kappa shape index (κ2) is 5.53. The van der Waals surface area contributed by atoms with Crippen LogP contribution in [0.3, 0.4) is 0 Å². The maximum absolute atomic E-state index is 11.6. The molecule has 2 aromatic rings. The first-order chi connectivity index (χ1) is 9.58. The van der Waals surface area contributed by atoms with Crippen molar-refractivity contribution in [3.05, 3.63) is 35.7 Å². The van der Waals surface area contributed by atoms with Gasteiger partial charge in [-0.15, -0.1) is 10.2 Å². The Bertz CT molecular complexity index is 683. The lowest BCUT2D eigenvalue weighted by atomic mass is 10.1. The largest absolute Gasteiger partial charge is 0.368 e. The molecule has 1 atom stereocenters. The maximum Gasteiger partial charge on any atom is 0.240 e. The van der Waals surface area contributed by atoms with Crippen molar-refractivity contribution in [2.45, 2.75) is 26.3 Å². The summed E-state index contributed by atoms with van der Waals surface area (Å²) in [6, 6.07) is 8.61. The number of carbonyl (C=O) groups excluding carboxylic acids is 1. The highest BCUT2D eigenvalue weighted by atomic mass is 16.1. The van der Waals surface area contributed by atoms with Gasteiger partial charge in [0.1, 0.15) is 11.9 Å². The van der Waals surface area contributed by atoms with Gasteiger partial charge in [-0.2, -0.15) is 5.26 Å². The Labute approximate surface area is 116 Å². The van der Waals surface area contributed by atoms with E-state index in [2.05, 4.69) is 16.3 Å². The minimum Gasteiger partial charge on any atom is -0.368 e. The van der Waals surface area contributed by atoms with Crippen molar-refractivity contribution in [1.82, 2.24) is 14.8 Å². The summed E-state index contributed by atoms with van der Waals surface area (Å²) < 4.78 is 1.72. The van der Waals surface area contributed by atoms with E-state index in [0.717, 1.165) is 5.56 Å². The molecule has 0 spiro atoms. The zero-order valence-corrected chi connectivity index (χ0v) is 11.4. The molecule has 1 aromatic carbocycles. The Morgan fingerprint density at radius 1 is 1.50 bits per heavy atom. The van der Waals surface area contributed by atoms with E-state index in [1.807, 2.05) is 13.0 Å². The fourth-order valence-corrected chi connectivity index (χ4v) is 2.18. The molecule has 1 heterocycles. The zero-order chi connectivity index (χ0) is 14.7. The van der Waals surface area contributed by atoms with Crippen LogP contribution in [0.1, 0.15) is 30.8 Å². The molecule has 1 unspecified atom stereocenters. The molecule has 0 aliphatic rings. The average Bonchev–Trinajstić information content (AvgIpc) is 2.82. The van der Waals surface area contributed by atoms with Gasteiger partial charge >= 0.3 is 0 Å². The number of amides is 1. The molecule has 2 N–H and O–H groups in total. The third-order valence-corrected chi connectivity index (χ3v) is 3.14. The summed E-state index contributed by atoms with van der Waals surface area (Å²) in [5, 5.41) is 17.1. The van der Waals surface area contributed by atoms with Gasteiger partial charge < -0.3 is 5.73 Å². The van der Waals surface area contributed by atoms with E-state index < -0.39 is 11.9 Å². The monoisotopic (exact) mass is 269 g/mol. The molecule has 0 bridgehead atoms. The standard InChI is InChI=1S/C14H15N5O/c1-3-12(13(16)20)19-9(2)17-18-14(19)11-6-4-5-10(7-11)8-15/h4-7,12H,3H2,1-2H3,(H2,16,20). The molecule has 0 aliphatic carbocycles. The van der Waals surface area contributed by atoms with Crippen LogP contribution in [0.2, 0.25) is 0 Å². The van der Waals surface area contributed by atoms with Crippen LogP contribution in [0, 0.1) is 18.3 Å². The van der Waals surface area contributed by atoms with Gasteiger partial charge in [0.15, 0.2) is 5.82 Å². The molecule has 102 valence electrons. The summed E-state index contributed by atoms with van der Waals surface area (Å²) in [5.74, 6) is 0.742. The van der Waals surface area contributed by atoms with Crippen LogP contribution in [-0.2, 0) is 4.79 Å². The number of primary amides is 1. The topological polar surface area (TPSA) is 97.6 Å². The minimum atomic E-state index is -0.495. The number of aromatic nitrogens is 3. The van der Waals surface area contributed by atoms with Crippen LogP contribution in [0.25, 0.3) is 11.4 Å². The smallest absolute Gasteiger partial charge is 0.240 e. The van der Waals surface area contributed by atoms with Gasteiger partial charge in [0.25, 0.3) is 0 Å². The van der Waals surface area contributed by atoms with Crippen LogP contribution in [0.15, 0.2) is 24.3 Å². The Balaban J connectivity index is 2.58. The van der Waals surface area contributed by atoms with Crippen molar-refractivity contribution >= 4 is 5.91 Å². The van der Waals surface area contributed by atoms with Gasteiger partial charge in [-0.3, -0.25) is 9.36 Å². The van der Waals surface area contributed by atoms with Crippen LogP contribution in [0.4, 0.5) is 0 Å². The molecule has 0 saturated heterocycles. The summed E-state index contributed by atoms with van der Waals surface area (Å²) in [6.45, 7) is 3.65. The zero-order valence-electron chi connectivity index (χ0n) is 11.4. The maximum atomic E-state index is 11.6. The quantitative estimate of drug-likeness (QED) is 0.910. The first kappa shape index (κ1) is 13.7. The molecule has 20 heavy (non-hydrogen) atoms. The normalized spacial score (nSPS) is 11.8. The molecular weight excluding hydrogens is 254 g/mol. The van der Waals surface area contributed by atoms with Gasteiger partial charge in [0.2, 0.25) is 5.91 Å². The van der Waals surface area contributed by atoms with Gasteiger partial charge in [0.05, 0.1) is 11.6 Å². The molecule has 0 aliphatic heterocycles. The summed E-state index contributed by atoms with van der Waals surface area (Å²) in [6.07, 6.45) is 0.555. The molecule has 2 rings (SSSR count). The predicted molar refractivity (Wildman–Crippen MR) is 73.4 cm³/mol. The van der Waals surface area contributed by atoms with Gasteiger partial charge in [-0.25, -0.2) is 0 Å². The lowest BCUT2D eigenvalue weighted by Crippen LogP contribution is -2.27. The predicted octanol–water partition coefficient (Wildman–Crippen LogP) is 1.56. The first-order valence-electron chi connectivity index (χ1n) is 6.29. The highest BCUT2D eigenvalue weighted by molar-refractivity contribution is 5.79. The number of nitriles is 1. The summed E-state index contributed by atoms with van der Waals surface area (Å²) in [4.78, 5) is 11.6. The number of benzene rings is 1. The highest BCUT2D eigenvalue weighted by Gasteiger charge is 2.22. The number of hydrogen-bond donors (Lipinski definition) is 1. The van der Waals surface area contributed by atoms with Crippen LogP contribution in [0.5, 0.6) is 0 Å². The minimum absolute atomic E-state index is 0.423. The van der Waals surface area contributed by atoms with Crippen LogP contribution < -0.4 is 5.73 Å². The van der Waals surface area contributed by atoms with E-state index in [4.69, 9.17) is 11.0 Å². The SMILES string of the molecule is CCC(C(N)=O)n1c(C)nnc1-c1cccc(C#N)c1. The number of carbonyl (C=O) groups is 1. The lowest BCUT2D eigenvalue weighted by molar-refractivity contribution is -0.121. The van der Waals surface area contributed by atoms with E-state index in [0.29, 0.717) is 23.6 Å². The number of aryl methyl sites for hydroxylation is 1. The second-order valence-electron chi connectivity index (χ2n) is 4.46. The number of nitrogens with two attached hydrogens (primary N) is 1. The fraction of sp³-hybridized carbons (Fsp3) is 0.286. The second-order valence-corrected chi connectivity index (χ2v) is 4.46. The van der Waals surface area contributed by atoms with Crippen molar-refractivity contribution in [2.24, 2.45) is 5.73 Å².